The molecule has 0 saturated heterocycles. The van der Waals surface area contributed by atoms with Crippen LogP contribution in [0.3, 0.4) is 0 Å². The number of fused-ring (bicyclic) bond motifs is 2. The Bertz CT molecular complexity index is 1900. The quantitative estimate of drug-likeness (QED) is 0.242. The van der Waals surface area contributed by atoms with Crippen LogP contribution in [-0.4, -0.2) is 51.9 Å². The van der Waals surface area contributed by atoms with Crippen LogP contribution in [0.5, 0.6) is 11.5 Å². The van der Waals surface area contributed by atoms with Gasteiger partial charge in [0.05, 0.1) is 25.4 Å². The monoisotopic (exact) mass is 633 g/mol. The second kappa shape index (κ2) is 10.4. The first kappa shape index (κ1) is 29.5. The molecule has 0 unspecified atom stereocenters. The third-order valence-corrected chi connectivity index (χ3v) is 9.74. The Hall–Kier alpha value is -4.22. The average Bonchev–Trinajstić information content (AvgIpc) is 3.96. The van der Waals surface area contributed by atoms with E-state index in [2.05, 4.69) is 10.4 Å². The lowest BCUT2D eigenvalue weighted by atomic mass is 9.81. The van der Waals surface area contributed by atoms with Crippen LogP contribution in [0.25, 0.3) is 22.2 Å². The molecule has 10 nitrogen and oxygen atoms in total. The summed E-state index contributed by atoms with van der Waals surface area (Å²) in [5.74, 6) is -1.20. The summed E-state index contributed by atoms with van der Waals surface area (Å²) in [7, 11) is 1.53. The number of benzene rings is 2. The molecule has 234 valence electrons. The van der Waals surface area contributed by atoms with E-state index in [1.165, 1.54) is 19.2 Å². The summed E-state index contributed by atoms with van der Waals surface area (Å²) < 4.78 is 28.8. The zero-order chi connectivity index (χ0) is 31.8. The molecule has 2 atom stereocenters. The number of pyridine rings is 1. The van der Waals surface area contributed by atoms with Crippen molar-refractivity contribution in [3.05, 3.63) is 69.8 Å². The van der Waals surface area contributed by atoms with Gasteiger partial charge in [-0.1, -0.05) is 11.6 Å². The van der Waals surface area contributed by atoms with Gasteiger partial charge in [-0.25, -0.2) is 9.37 Å². The van der Waals surface area contributed by atoms with Gasteiger partial charge >= 0.3 is 0 Å². The largest absolute Gasteiger partial charge is 0.494 e. The smallest absolute Gasteiger partial charge is 0.251 e. The predicted molar refractivity (Wildman–Crippen MR) is 165 cm³/mol. The highest BCUT2D eigenvalue weighted by Crippen LogP contribution is 2.50. The molecule has 4 N–H and O–H groups in total. The Morgan fingerprint density at radius 3 is 2.67 bits per heavy atom. The van der Waals surface area contributed by atoms with E-state index in [1.807, 2.05) is 10.9 Å². The van der Waals surface area contributed by atoms with Crippen LogP contribution in [0.15, 0.2) is 36.5 Å². The van der Waals surface area contributed by atoms with Crippen LogP contribution >= 0.6 is 11.6 Å². The summed E-state index contributed by atoms with van der Waals surface area (Å²) in [6.07, 6.45) is 5.42. The van der Waals surface area contributed by atoms with Crippen molar-refractivity contribution in [2.24, 2.45) is 11.7 Å². The maximum atomic E-state index is 15.4. The predicted octanol–water partition coefficient (Wildman–Crippen LogP) is 4.71. The number of nitrogens with zero attached hydrogens (tertiary/aromatic N) is 3. The number of halogens is 2. The third-order valence-electron chi connectivity index (χ3n) is 9.33. The number of hydrogen-bond acceptors (Lipinski definition) is 7. The fourth-order valence-electron chi connectivity index (χ4n) is 6.08. The zero-order valence-corrected chi connectivity index (χ0v) is 25.9. The van der Waals surface area contributed by atoms with E-state index in [0.717, 1.165) is 18.2 Å². The SMILES string of the molecule is COc1cc(C(=O)NC[C@](O)(c2cc3c(c(-c4cc(Cl)c(C)cc4F)n2)OC[C@]3(C)C(N)=O)C2CC2)cc2cn(C3CC3)nc12. The van der Waals surface area contributed by atoms with Crippen molar-refractivity contribution in [3.8, 4) is 22.8 Å². The van der Waals surface area contributed by atoms with E-state index < -0.39 is 28.6 Å². The summed E-state index contributed by atoms with van der Waals surface area (Å²) in [5, 5.41) is 20.9. The van der Waals surface area contributed by atoms with Gasteiger partial charge in [0, 0.05) is 33.3 Å². The molecule has 3 aliphatic rings. The van der Waals surface area contributed by atoms with Gasteiger partial charge in [-0.3, -0.25) is 14.3 Å². The molecule has 2 fully saturated rings. The van der Waals surface area contributed by atoms with Gasteiger partial charge in [0.1, 0.15) is 46.1 Å². The number of aryl methyl sites for hydroxylation is 1. The van der Waals surface area contributed by atoms with Gasteiger partial charge in [0.2, 0.25) is 5.91 Å². The number of primary amides is 1. The lowest BCUT2D eigenvalue weighted by molar-refractivity contribution is -0.123. The molecule has 2 amide bonds. The van der Waals surface area contributed by atoms with E-state index in [4.69, 9.17) is 31.8 Å². The van der Waals surface area contributed by atoms with Crippen molar-refractivity contribution in [1.29, 1.82) is 0 Å². The van der Waals surface area contributed by atoms with Crippen molar-refractivity contribution < 1.29 is 28.6 Å². The second-order valence-electron chi connectivity index (χ2n) is 12.6. The standard InChI is InChI=1S/C33H33ClFN5O5/c1-16-8-24(35)21(11-23(16)34)28-29-22(32(2,15-45-29)31(36)42)12-26(38-28)33(43,19-4-5-19)14-37-30(41)17-9-18-13-40(20-6-7-20)39-27(18)25(10-17)44-3/h8-13,19-20,43H,4-7,14-15H2,1-3H3,(H2,36,42)(H,37,41)/t32-,33+/m0/s1. The van der Waals surface area contributed by atoms with Crippen LogP contribution in [-0.2, 0) is 15.8 Å². The molecule has 3 heterocycles. The first-order valence-electron chi connectivity index (χ1n) is 14.9. The number of aromatic nitrogens is 3. The highest BCUT2D eigenvalue weighted by Gasteiger charge is 2.50. The molecule has 2 aliphatic carbocycles. The minimum atomic E-state index is -1.64. The molecule has 12 heteroatoms. The number of carbonyl (C=O) groups excluding carboxylic acids is 2. The number of aliphatic hydroxyl groups is 1. The van der Waals surface area contributed by atoms with Crippen LogP contribution in [0.1, 0.15) is 65.8 Å². The van der Waals surface area contributed by atoms with Gasteiger partial charge in [-0.05, 0) is 81.3 Å². The molecule has 4 aromatic rings. The minimum absolute atomic E-state index is 0.0618. The topological polar surface area (TPSA) is 142 Å². The first-order valence-corrected chi connectivity index (χ1v) is 15.3. The van der Waals surface area contributed by atoms with Crippen LogP contribution in [0.4, 0.5) is 4.39 Å². The number of rotatable bonds is 9. The van der Waals surface area contributed by atoms with E-state index >= 15 is 4.39 Å². The normalized spacial score (nSPS) is 20.4. The van der Waals surface area contributed by atoms with Crippen molar-refractivity contribution in [1.82, 2.24) is 20.1 Å². The van der Waals surface area contributed by atoms with Crippen molar-refractivity contribution in [2.75, 3.05) is 20.3 Å². The number of carbonyl (C=O) groups is 2. The van der Waals surface area contributed by atoms with Crippen molar-refractivity contribution >= 4 is 34.3 Å². The highest BCUT2D eigenvalue weighted by atomic mass is 35.5. The van der Waals surface area contributed by atoms with Crippen LogP contribution < -0.4 is 20.5 Å². The number of hydrogen-bond donors (Lipinski definition) is 3. The average molecular weight is 634 g/mol. The van der Waals surface area contributed by atoms with E-state index in [0.29, 0.717) is 51.9 Å². The highest BCUT2D eigenvalue weighted by molar-refractivity contribution is 6.31. The lowest BCUT2D eigenvalue weighted by Gasteiger charge is -2.30. The van der Waals surface area contributed by atoms with Crippen molar-refractivity contribution in [3.63, 3.8) is 0 Å². The fourth-order valence-corrected chi connectivity index (χ4v) is 6.24. The van der Waals surface area contributed by atoms with E-state index in [-0.39, 0.29) is 41.8 Å². The van der Waals surface area contributed by atoms with Crippen molar-refractivity contribution in [2.45, 2.75) is 56.6 Å². The molecule has 0 spiro atoms. The molecular formula is C33H33ClFN5O5. The molecule has 2 saturated carbocycles. The molecule has 0 radical (unpaired) electrons. The first-order chi connectivity index (χ1) is 21.4. The fraction of sp³-hybridized carbons (Fsp3) is 0.394. The molecule has 0 bridgehead atoms. The summed E-state index contributed by atoms with van der Waals surface area (Å²) in [6, 6.07) is 8.09. The second-order valence-corrected chi connectivity index (χ2v) is 13.0. The Balaban J connectivity index is 1.27. The lowest BCUT2D eigenvalue weighted by Crippen LogP contribution is -2.44. The Morgan fingerprint density at radius 1 is 1.24 bits per heavy atom. The summed E-state index contributed by atoms with van der Waals surface area (Å²) >= 11 is 6.38. The van der Waals surface area contributed by atoms with Gasteiger partial charge in [0.25, 0.3) is 5.91 Å². The molecule has 45 heavy (non-hydrogen) atoms. The summed E-state index contributed by atoms with van der Waals surface area (Å²) in [5.41, 5.74) is 5.21. The van der Waals surface area contributed by atoms with E-state index in [9.17, 15) is 14.7 Å². The molecular weight excluding hydrogens is 601 g/mol. The molecule has 2 aromatic heterocycles. The Kier molecular flexibility index (Phi) is 6.83. The van der Waals surface area contributed by atoms with Crippen LogP contribution in [0, 0.1) is 18.7 Å². The van der Waals surface area contributed by atoms with Crippen LogP contribution in [0.2, 0.25) is 5.02 Å². The summed E-state index contributed by atoms with van der Waals surface area (Å²) in [6.45, 7) is 3.07. The summed E-state index contributed by atoms with van der Waals surface area (Å²) in [4.78, 5) is 30.9. The number of nitrogens with two attached hydrogens (primary N) is 1. The number of methoxy groups -OCH3 is 1. The number of ether oxygens (including phenoxy) is 2. The minimum Gasteiger partial charge on any atom is -0.494 e. The Labute approximate surface area is 263 Å². The van der Waals surface area contributed by atoms with Gasteiger partial charge in [-0.2, -0.15) is 5.10 Å². The maximum absolute atomic E-state index is 15.4. The molecule has 2 aromatic carbocycles. The molecule has 7 rings (SSSR count). The van der Waals surface area contributed by atoms with Gasteiger partial charge in [0.15, 0.2) is 0 Å². The van der Waals surface area contributed by atoms with Gasteiger partial charge in [-0.15, -0.1) is 0 Å². The van der Waals surface area contributed by atoms with E-state index in [1.54, 1.807) is 32.0 Å². The molecule has 1 aliphatic heterocycles. The maximum Gasteiger partial charge on any atom is 0.251 e. The third kappa shape index (κ3) is 4.89. The number of amides is 2. The Morgan fingerprint density at radius 2 is 2.00 bits per heavy atom. The van der Waals surface area contributed by atoms with Gasteiger partial charge < -0.3 is 25.6 Å². The zero-order valence-electron chi connectivity index (χ0n) is 25.1. The number of nitrogens with one attached hydrogen (secondary N) is 1.